The van der Waals surface area contributed by atoms with E-state index in [0.29, 0.717) is 24.1 Å². The van der Waals surface area contributed by atoms with Crippen LogP contribution in [0, 0.1) is 19.8 Å². The summed E-state index contributed by atoms with van der Waals surface area (Å²) in [7, 11) is 0. The van der Waals surface area contributed by atoms with Gasteiger partial charge in [-0.3, -0.25) is 4.79 Å². The summed E-state index contributed by atoms with van der Waals surface area (Å²) < 4.78 is 6.22. The Morgan fingerprint density at radius 3 is 2.58 bits per heavy atom. The molecule has 33 heavy (non-hydrogen) atoms. The average molecular weight is 452 g/mol. The summed E-state index contributed by atoms with van der Waals surface area (Å²) in [4.78, 5) is 27.5. The highest BCUT2D eigenvalue weighted by molar-refractivity contribution is 6.02. The van der Waals surface area contributed by atoms with Gasteiger partial charge in [-0.1, -0.05) is 31.0 Å². The van der Waals surface area contributed by atoms with E-state index in [9.17, 15) is 14.7 Å². The standard InChI is InChI=1S/C26H33N3O4/c1-16-5-4-6-17(2)24(16)33-23(13-19-7-8-19)25(30)28-22-10-9-20(14-21(22)26(31)32)29-12-11-27-18(3)15-29/h4-6,9-10,14,18-19,23,27H,7-8,11-13,15H2,1-3H3,(H,28,30)(H,31,32)/t18-,23-/m0/s1. The first kappa shape index (κ1) is 23.1. The number of piperazine rings is 1. The van der Waals surface area contributed by atoms with Crippen molar-refractivity contribution in [2.24, 2.45) is 5.92 Å². The van der Waals surface area contributed by atoms with E-state index in [1.807, 2.05) is 38.1 Å². The maximum Gasteiger partial charge on any atom is 0.337 e. The molecule has 2 aromatic carbocycles. The first-order chi connectivity index (χ1) is 15.8. The molecule has 0 aromatic heterocycles. The van der Waals surface area contributed by atoms with E-state index in [-0.39, 0.29) is 11.5 Å². The van der Waals surface area contributed by atoms with Crippen molar-refractivity contribution < 1.29 is 19.4 Å². The van der Waals surface area contributed by atoms with Crippen molar-refractivity contribution in [3.63, 3.8) is 0 Å². The molecular formula is C26H33N3O4. The van der Waals surface area contributed by atoms with Crippen molar-refractivity contribution in [3.05, 3.63) is 53.1 Å². The van der Waals surface area contributed by atoms with Crippen LogP contribution in [0.15, 0.2) is 36.4 Å². The minimum Gasteiger partial charge on any atom is -0.480 e. The van der Waals surface area contributed by atoms with E-state index < -0.39 is 12.1 Å². The first-order valence-electron chi connectivity index (χ1n) is 11.7. The van der Waals surface area contributed by atoms with Crippen LogP contribution in [0.1, 0.15) is 47.7 Å². The lowest BCUT2D eigenvalue weighted by molar-refractivity contribution is -0.123. The van der Waals surface area contributed by atoms with Crippen LogP contribution in [0.3, 0.4) is 0 Å². The van der Waals surface area contributed by atoms with Gasteiger partial charge >= 0.3 is 5.97 Å². The van der Waals surface area contributed by atoms with Crippen LogP contribution >= 0.6 is 0 Å². The maximum atomic E-state index is 13.3. The summed E-state index contributed by atoms with van der Waals surface area (Å²) in [6.45, 7) is 8.49. The number of rotatable bonds is 8. The second-order valence-electron chi connectivity index (χ2n) is 9.33. The number of hydrogen-bond donors (Lipinski definition) is 3. The number of carboxylic acid groups (broad SMARTS) is 1. The number of aryl methyl sites for hydroxylation is 2. The van der Waals surface area contributed by atoms with Crippen LogP contribution in [0.5, 0.6) is 5.75 Å². The van der Waals surface area contributed by atoms with Crippen molar-refractivity contribution in [2.45, 2.75) is 52.2 Å². The normalized spacial score (nSPS) is 19.1. The molecule has 2 aromatic rings. The van der Waals surface area contributed by atoms with Gasteiger partial charge < -0.3 is 25.4 Å². The van der Waals surface area contributed by atoms with Gasteiger partial charge in [-0.15, -0.1) is 0 Å². The molecular weight excluding hydrogens is 418 g/mol. The van der Waals surface area contributed by atoms with Crippen LogP contribution in [0.2, 0.25) is 0 Å². The van der Waals surface area contributed by atoms with Crippen LogP contribution in [-0.4, -0.2) is 48.8 Å². The van der Waals surface area contributed by atoms with Crippen molar-refractivity contribution in [2.75, 3.05) is 29.9 Å². The Bertz CT molecular complexity index is 1010. The minimum absolute atomic E-state index is 0.0873. The van der Waals surface area contributed by atoms with Gasteiger partial charge in [0.1, 0.15) is 5.75 Å². The zero-order valence-corrected chi connectivity index (χ0v) is 19.6. The molecule has 1 saturated heterocycles. The third kappa shape index (κ3) is 5.66. The Labute approximate surface area is 195 Å². The molecule has 2 aliphatic rings. The Morgan fingerprint density at radius 2 is 1.94 bits per heavy atom. The summed E-state index contributed by atoms with van der Waals surface area (Å²) in [5.41, 5.74) is 3.18. The smallest absolute Gasteiger partial charge is 0.337 e. The number of benzene rings is 2. The summed E-state index contributed by atoms with van der Waals surface area (Å²) in [5.74, 6) is -0.179. The molecule has 0 bridgehead atoms. The minimum atomic E-state index is -1.07. The van der Waals surface area contributed by atoms with E-state index >= 15 is 0 Å². The van der Waals surface area contributed by atoms with E-state index in [0.717, 1.165) is 55.0 Å². The molecule has 7 heteroatoms. The number of anilines is 2. The Balaban J connectivity index is 1.55. The number of carbonyl (C=O) groups excluding carboxylic acids is 1. The largest absolute Gasteiger partial charge is 0.480 e. The third-order valence-electron chi connectivity index (χ3n) is 6.43. The fraction of sp³-hybridized carbons (Fsp3) is 0.462. The molecule has 1 saturated carbocycles. The summed E-state index contributed by atoms with van der Waals surface area (Å²) in [6.07, 6.45) is 2.14. The van der Waals surface area contributed by atoms with Gasteiger partial charge in [-0.2, -0.15) is 0 Å². The lowest BCUT2D eigenvalue weighted by Crippen LogP contribution is -2.49. The van der Waals surface area contributed by atoms with Gasteiger partial charge in [-0.05, 0) is 62.4 Å². The van der Waals surface area contributed by atoms with Crippen LogP contribution in [-0.2, 0) is 4.79 Å². The Morgan fingerprint density at radius 1 is 1.21 bits per heavy atom. The van der Waals surface area contributed by atoms with Gasteiger partial charge in [0.2, 0.25) is 0 Å². The number of ether oxygens (including phenoxy) is 1. The topological polar surface area (TPSA) is 90.9 Å². The molecule has 2 atom stereocenters. The van der Waals surface area contributed by atoms with Crippen LogP contribution < -0.4 is 20.3 Å². The summed E-state index contributed by atoms with van der Waals surface area (Å²) in [6, 6.07) is 11.4. The fourth-order valence-electron chi connectivity index (χ4n) is 4.39. The first-order valence-corrected chi connectivity index (χ1v) is 11.7. The van der Waals surface area contributed by atoms with Gasteiger partial charge in [0.15, 0.2) is 6.10 Å². The maximum absolute atomic E-state index is 13.3. The molecule has 4 rings (SSSR count). The van der Waals surface area contributed by atoms with E-state index in [1.165, 1.54) is 0 Å². The molecule has 0 radical (unpaired) electrons. The average Bonchev–Trinajstić information content (AvgIpc) is 3.60. The second kappa shape index (κ2) is 9.83. The number of aromatic carboxylic acids is 1. The molecule has 1 heterocycles. The van der Waals surface area contributed by atoms with Crippen LogP contribution in [0.4, 0.5) is 11.4 Å². The highest BCUT2D eigenvalue weighted by atomic mass is 16.5. The molecule has 176 valence electrons. The number of carboxylic acids is 1. The zero-order valence-electron chi connectivity index (χ0n) is 19.6. The van der Waals surface area contributed by atoms with Crippen LogP contribution in [0.25, 0.3) is 0 Å². The molecule has 2 fully saturated rings. The predicted octanol–water partition coefficient (Wildman–Crippen LogP) is 3.99. The van der Waals surface area contributed by atoms with Crippen molar-refractivity contribution in [1.29, 1.82) is 0 Å². The lowest BCUT2D eigenvalue weighted by atomic mass is 10.1. The van der Waals surface area contributed by atoms with Crippen molar-refractivity contribution >= 4 is 23.3 Å². The lowest BCUT2D eigenvalue weighted by Gasteiger charge is -2.34. The number of nitrogens with zero attached hydrogens (tertiary/aromatic N) is 1. The van der Waals surface area contributed by atoms with Crippen molar-refractivity contribution in [1.82, 2.24) is 5.32 Å². The van der Waals surface area contributed by atoms with Gasteiger partial charge in [-0.25, -0.2) is 4.79 Å². The van der Waals surface area contributed by atoms with E-state index in [1.54, 1.807) is 12.1 Å². The van der Waals surface area contributed by atoms with E-state index in [2.05, 4.69) is 22.5 Å². The number of para-hydroxylation sites is 1. The van der Waals surface area contributed by atoms with E-state index in [4.69, 9.17) is 4.74 Å². The number of nitrogens with one attached hydrogen (secondary N) is 2. The number of amides is 1. The fourth-order valence-corrected chi connectivity index (χ4v) is 4.39. The quantitative estimate of drug-likeness (QED) is 0.562. The zero-order chi connectivity index (χ0) is 23.5. The SMILES string of the molecule is Cc1cccc(C)c1O[C@@H](CC1CC1)C(=O)Nc1ccc(N2CCN[C@@H](C)C2)cc1C(=O)O. The Kier molecular flexibility index (Phi) is 6.88. The molecule has 0 unspecified atom stereocenters. The molecule has 7 nitrogen and oxygen atoms in total. The van der Waals surface area contributed by atoms with Gasteiger partial charge in [0.05, 0.1) is 11.3 Å². The Hall–Kier alpha value is -3.06. The molecule has 1 aliphatic heterocycles. The number of hydrogen-bond acceptors (Lipinski definition) is 5. The molecule has 1 aliphatic carbocycles. The predicted molar refractivity (Wildman–Crippen MR) is 129 cm³/mol. The second-order valence-corrected chi connectivity index (χ2v) is 9.33. The molecule has 1 amide bonds. The monoisotopic (exact) mass is 451 g/mol. The highest BCUT2D eigenvalue weighted by Crippen LogP contribution is 2.36. The summed E-state index contributed by atoms with van der Waals surface area (Å²) in [5, 5.41) is 16.1. The van der Waals surface area contributed by atoms with Crippen molar-refractivity contribution in [3.8, 4) is 5.75 Å². The summed E-state index contributed by atoms with van der Waals surface area (Å²) >= 11 is 0. The molecule has 0 spiro atoms. The third-order valence-corrected chi connectivity index (χ3v) is 6.43. The van der Waals surface area contributed by atoms with Gasteiger partial charge in [0, 0.05) is 31.4 Å². The number of carbonyl (C=O) groups is 2. The van der Waals surface area contributed by atoms with Gasteiger partial charge in [0.25, 0.3) is 5.91 Å². The molecule has 3 N–H and O–H groups in total. The highest BCUT2D eigenvalue weighted by Gasteiger charge is 2.32.